The standard InChI is InChI=1S/C11H16IN3S/c1-8(2)10(5-12)13-6-9-7-15-3-4-16-11(15)14-9/h3-4,7-8,10,13H,5-6H2,1-2H3. The molecule has 0 aliphatic carbocycles. The maximum Gasteiger partial charge on any atom is 0.193 e. The summed E-state index contributed by atoms with van der Waals surface area (Å²) in [5.41, 5.74) is 1.13. The SMILES string of the molecule is CC(C)C(CI)NCc1cn2ccsc2n1. The van der Waals surface area contributed by atoms with E-state index in [9.17, 15) is 0 Å². The van der Waals surface area contributed by atoms with E-state index in [1.54, 1.807) is 11.3 Å². The summed E-state index contributed by atoms with van der Waals surface area (Å²) in [5.74, 6) is 0.667. The lowest BCUT2D eigenvalue weighted by atomic mass is 10.1. The monoisotopic (exact) mass is 349 g/mol. The average molecular weight is 349 g/mol. The third-order valence-electron chi connectivity index (χ3n) is 2.66. The molecular formula is C11H16IN3S. The lowest BCUT2D eigenvalue weighted by molar-refractivity contribution is 0.434. The van der Waals surface area contributed by atoms with E-state index in [2.05, 4.69) is 68.9 Å². The quantitative estimate of drug-likeness (QED) is 0.664. The summed E-state index contributed by atoms with van der Waals surface area (Å²) in [6, 6.07) is 0.570. The molecule has 0 saturated carbocycles. The van der Waals surface area contributed by atoms with E-state index in [4.69, 9.17) is 0 Å². The van der Waals surface area contributed by atoms with Crippen molar-refractivity contribution in [1.82, 2.24) is 14.7 Å². The second-order valence-corrected chi connectivity index (χ2v) is 5.96. The van der Waals surface area contributed by atoms with Crippen molar-refractivity contribution in [1.29, 1.82) is 0 Å². The van der Waals surface area contributed by atoms with Crippen molar-refractivity contribution in [2.24, 2.45) is 5.92 Å². The van der Waals surface area contributed by atoms with Gasteiger partial charge >= 0.3 is 0 Å². The molecule has 1 unspecified atom stereocenters. The number of halogens is 1. The van der Waals surface area contributed by atoms with Gasteiger partial charge in [-0.3, -0.25) is 4.40 Å². The summed E-state index contributed by atoms with van der Waals surface area (Å²) in [5, 5.41) is 5.61. The molecule has 88 valence electrons. The molecule has 0 aliphatic rings. The second-order valence-electron chi connectivity index (χ2n) is 4.21. The molecule has 0 saturated heterocycles. The Labute approximate surface area is 113 Å². The van der Waals surface area contributed by atoms with Crippen LogP contribution in [0.1, 0.15) is 19.5 Å². The van der Waals surface area contributed by atoms with Gasteiger partial charge in [0, 0.05) is 34.8 Å². The van der Waals surface area contributed by atoms with Crippen LogP contribution in [0.2, 0.25) is 0 Å². The zero-order valence-corrected chi connectivity index (χ0v) is 12.5. The van der Waals surface area contributed by atoms with Crippen LogP contribution in [-0.4, -0.2) is 19.9 Å². The van der Waals surface area contributed by atoms with Crippen LogP contribution >= 0.6 is 33.9 Å². The fourth-order valence-corrected chi connectivity index (χ4v) is 3.61. The number of hydrogen-bond acceptors (Lipinski definition) is 3. The van der Waals surface area contributed by atoms with Crippen molar-refractivity contribution >= 4 is 38.9 Å². The molecule has 0 amide bonds. The molecule has 0 bridgehead atoms. The highest BCUT2D eigenvalue weighted by Gasteiger charge is 2.11. The number of nitrogens with zero attached hydrogens (tertiary/aromatic N) is 2. The average Bonchev–Trinajstić information content (AvgIpc) is 2.77. The van der Waals surface area contributed by atoms with Gasteiger partial charge in [0.1, 0.15) is 0 Å². The molecule has 2 aromatic rings. The zero-order chi connectivity index (χ0) is 11.5. The molecule has 0 radical (unpaired) electrons. The fourth-order valence-electron chi connectivity index (χ4n) is 1.57. The molecule has 16 heavy (non-hydrogen) atoms. The maximum absolute atomic E-state index is 4.55. The Morgan fingerprint density at radius 1 is 1.56 bits per heavy atom. The Morgan fingerprint density at radius 2 is 2.38 bits per heavy atom. The highest BCUT2D eigenvalue weighted by molar-refractivity contribution is 14.1. The van der Waals surface area contributed by atoms with Crippen LogP contribution in [0.25, 0.3) is 4.96 Å². The predicted molar refractivity (Wildman–Crippen MR) is 77.4 cm³/mol. The first kappa shape index (κ1) is 12.3. The first-order valence-corrected chi connectivity index (χ1v) is 7.81. The van der Waals surface area contributed by atoms with E-state index in [0.717, 1.165) is 21.6 Å². The van der Waals surface area contributed by atoms with Crippen molar-refractivity contribution < 1.29 is 0 Å². The van der Waals surface area contributed by atoms with E-state index in [1.807, 2.05) is 0 Å². The number of nitrogens with one attached hydrogen (secondary N) is 1. The Balaban J connectivity index is 1.97. The van der Waals surface area contributed by atoms with E-state index >= 15 is 0 Å². The minimum absolute atomic E-state index is 0.570. The van der Waals surface area contributed by atoms with Crippen molar-refractivity contribution in [3.8, 4) is 0 Å². The number of rotatable bonds is 5. The predicted octanol–water partition coefficient (Wildman–Crippen LogP) is 2.95. The fraction of sp³-hybridized carbons (Fsp3) is 0.545. The van der Waals surface area contributed by atoms with Crippen LogP contribution in [0.5, 0.6) is 0 Å². The van der Waals surface area contributed by atoms with Crippen LogP contribution in [0.4, 0.5) is 0 Å². The largest absolute Gasteiger partial charge is 0.307 e. The number of fused-ring (bicyclic) bond motifs is 1. The van der Waals surface area contributed by atoms with Gasteiger partial charge in [0.2, 0.25) is 0 Å². The molecule has 1 N–H and O–H groups in total. The van der Waals surface area contributed by atoms with Gasteiger partial charge in [0.25, 0.3) is 0 Å². The molecule has 2 heterocycles. The van der Waals surface area contributed by atoms with Crippen LogP contribution < -0.4 is 5.32 Å². The van der Waals surface area contributed by atoms with Gasteiger partial charge in [-0.1, -0.05) is 36.4 Å². The first-order chi connectivity index (χ1) is 7.70. The molecule has 3 nitrogen and oxygen atoms in total. The van der Waals surface area contributed by atoms with Crippen LogP contribution in [0.15, 0.2) is 17.8 Å². The summed E-state index contributed by atoms with van der Waals surface area (Å²) in [6.45, 7) is 5.37. The van der Waals surface area contributed by atoms with Gasteiger partial charge in [-0.15, -0.1) is 11.3 Å². The summed E-state index contributed by atoms with van der Waals surface area (Å²) in [4.78, 5) is 5.63. The Bertz CT molecular complexity index is 420. The first-order valence-electron chi connectivity index (χ1n) is 5.41. The Hall–Kier alpha value is -0.140. The minimum atomic E-state index is 0.570. The molecule has 0 fully saturated rings. The zero-order valence-electron chi connectivity index (χ0n) is 9.48. The molecule has 1 atom stereocenters. The minimum Gasteiger partial charge on any atom is -0.307 e. The van der Waals surface area contributed by atoms with E-state index < -0.39 is 0 Å². The second kappa shape index (κ2) is 5.46. The van der Waals surface area contributed by atoms with E-state index in [-0.39, 0.29) is 0 Å². The highest BCUT2D eigenvalue weighted by Crippen LogP contribution is 2.12. The normalized spacial score (nSPS) is 13.8. The molecule has 2 aromatic heterocycles. The molecule has 0 spiro atoms. The third-order valence-corrected chi connectivity index (χ3v) is 4.38. The lowest BCUT2D eigenvalue weighted by Gasteiger charge is -2.19. The van der Waals surface area contributed by atoms with Crippen LogP contribution in [-0.2, 0) is 6.54 Å². The van der Waals surface area contributed by atoms with Crippen LogP contribution in [0.3, 0.4) is 0 Å². The summed E-state index contributed by atoms with van der Waals surface area (Å²) >= 11 is 4.11. The third kappa shape index (κ3) is 2.75. The number of hydrogen-bond donors (Lipinski definition) is 1. The van der Waals surface area contributed by atoms with Crippen LogP contribution in [0, 0.1) is 5.92 Å². The number of alkyl halides is 1. The van der Waals surface area contributed by atoms with E-state index in [0.29, 0.717) is 12.0 Å². The Morgan fingerprint density at radius 3 is 3.00 bits per heavy atom. The van der Waals surface area contributed by atoms with Crippen molar-refractivity contribution in [2.45, 2.75) is 26.4 Å². The van der Waals surface area contributed by atoms with E-state index in [1.165, 1.54) is 0 Å². The molecule has 2 rings (SSSR count). The number of aromatic nitrogens is 2. The Kier molecular flexibility index (Phi) is 4.21. The summed E-state index contributed by atoms with van der Waals surface area (Å²) < 4.78 is 3.22. The molecule has 0 aliphatic heterocycles. The highest BCUT2D eigenvalue weighted by atomic mass is 127. The van der Waals surface area contributed by atoms with Gasteiger partial charge in [0.05, 0.1) is 5.69 Å². The molecular weight excluding hydrogens is 333 g/mol. The number of imidazole rings is 1. The lowest BCUT2D eigenvalue weighted by Crippen LogP contribution is -2.34. The summed E-state index contributed by atoms with van der Waals surface area (Å²) in [7, 11) is 0. The van der Waals surface area contributed by atoms with Crippen molar-refractivity contribution in [3.05, 3.63) is 23.5 Å². The summed E-state index contributed by atoms with van der Waals surface area (Å²) in [6.07, 6.45) is 4.15. The van der Waals surface area contributed by atoms with Gasteiger partial charge in [-0.2, -0.15) is 0 Å². The van der Waals surface area contributed by atoms with Gasteiger partial charge < -0.3 is 5.32 Å². The smallest absolute Gasteiger partial charge is 0.193 e. The number of thiazole rings is 1. The van der Waals surface area contributed by atoms with Gasteiger partial charge in [-0.25, -0.2) is 4.98 Å². The maximum atomic E-state index is 4.55. The van der Waals surface area contributed by atoms with Crippen molar-refractivity contribution in [3.63, 3.8) is 0 Å². The van der Waals surface area contributed by atoms with Gasteiger partial charge in [0.15, 0.2) is 4.96 Å². The van der Waals surface area contributed by atoms with Crippen molar-refractivity contribution in [2.75, 3.05) is 4.43 Å². The molecule has 5 heteroatoms. The topological polar surface area (TPSA) is 29.3 Å². The van der Waals surface area contributed by atoms with Gasteiger partial charge in [-0.05, 0) is 5.92 Å². The molecule has 0 aromatic carbocycles.